The summed E-state index contributed by atoms with van der Waals surface area (Å²) in [6, 6.07) is 3.63. The Bertz CT molecular complexity index is 1070. The van der Waals surface area contributed by atoms with Gasteiger partial charge in [0.1, 0.15) is 0 Å². The zero-order chi connectivity index (χ0) is 21.5. The van der Waals surface area contributed by atoms with E-state index >= 15 is 0 Å². The van der Waals surface area contributed by atoms with E-state index in [1.54, 1.807) is 24.5 Å². The minimum atomic E-state index is -0.368. The quantitative estimate of drug-likeness (QED) is 0.594. The van der Waals surface area contributed by atoms with Crippen molar-refractivity contribution in [1.82, 2.24) is 25.8 Å². The minimum Gasteiger partial charge on any atom is -0.368 e. The number of amides is 2. The van der Waals surface area contributed by atoms with Crippen LogP contribution in [0.4, 0.5) is 0 Å². The number of nitrogens with zero attached hydrogens (tertiary/aromatic N) is 5. The molecule has 1 aliphatic heterocycles. The highest BCUT2D eigenvalue weighted by Gasteiger charge is 2.26. The number of azo groups is 1. The number of hydrogen-bond donors (Lipinski definition) is 2. The third-order valence-electron chi connectivity index (χ3n) is 4.74. The lowest BCUT2D eigenvalue weighted by Gasteiger charge is -2.20. The van der Waals surface area contributed by atoms with Crippen LogP contribution in [0.3, 0.4) is 0 Å². The average molecular weight is 419 g/mol. The van der Waals surface area contributed by atoms with Crippen LogP contribution in [0.15, 0.2) is 75.0 Å². The monoisotopic (exact) mass is 419 g/mol. The second-order valence-corrected chi connectivity index (χ2v) is 6.95. The highest BCUT2D eigenvalue weighted by atomic mass is 16.5. The zero-order valence-corrected chi connectivity index (χ0v) is 16.7. The Morgan fingerprint density at radius 3 is 3.00 bits per heavy atom. The molecule has 2 aromatic rings. The number of carbonyl (C=O) groups is 2. The van der Waals surface area contributed by atoms with E-state index in [1.165, 1.54) is 0 Å². The van der Waals surface area contributed by atoms with Crippen LogP contribution in [0.25, 0.3) is 11.4 Å². The molecule has 158 valence electrons. The fourth-order valence-corrected chi connectivity index (χ4v) is 3.14. The fraction of sp³-hybridized carbons (Fsp3) is 0.286. The largest absolute Gasteiger partial charge is 0.368 e. The molecule has 2 N–H and O–H groups in total. The van der Waals surface area contributed by atoms with Gasteiger partial charge in [0.25, 0.3) is 5.91 Å². The Morgan fingerprint density at radius 1 is 1.19 bits per heavy atom. The molecule has 1 atom stereocenters. The Morgan fingerprint density at radius 2 is 2.13 bits per heavy atom. The van der Waals surface area contributed by atoms with Crippen LogP contribution in [-0.4, -0.2) is 40.0 Å². The number of aromatic nitrogens is 3. The van der Waals surface area contributed by atoms with Crippen molar-refractivity contribution in [2.75, 3.05) is 13.1 Å². The van der Waals surface area contributed by atoms with Gasteiger partial charge in [0.05, 0.1) is 5.92 Å². The van der Waals surface area contributed by atoms with E-state index in [9.17, 15) is 9.59 Å². The number of fused-ring (bicyclic) bond motifs is 1. The number of hydrogen-bond acceptors (Lipinski definition) is 8. The van der Waals surface area contributed by atoms with Crippen LogP contribution in [-0.2, 0) is 16.0 Å². The van der Waals surface area contributed by atoms with Crippen LogP contribution < -0.4 is 10.6 Å². The first-order valence-electron chi connectivity index (χ1n) is 9.99. The fourth-order valence-electron chi connectivity index (χ4n) is 3.14. The maximum absolute atomic E-state index is 12.1. The first-order chi connectivity index (χ1) is 15.2. The molecule has 0 saturated carbocycles. The number of nitrogens with one attached hydrogen (secondary N) is 2. The molecular formula is C21H21N7O3. The zero-order valence-electron chi connectivity index (χ0n) is 16.7. The number of carbonyl (C=O) groups excluding carboxylic acids is 2. The van der Waals surface area contributed by atoms with Gasteiger partial charge in [-0.15, -0.1) is 10.2 Å². The van der Waals surface area contributed by atoms with Gasteiger partial charge in [-0.1, -0.05) is 29.5 Å². The second-order valence-electron chi connectivity index (χ2n) is 6.95. The molecule has 0 aromatic carbocycles. The lowest BCUT2D eigenvalue weighted by molar-refractivity contribution is -0.121. The van der Waals surface area contributed by atoms with Crippen LogP contribution >= 0.6 is 0 Å². The summed E-state index contributed by atoms with van der Waals surface area (Å²) in [4.78, 5) is 32.1. The van der Waals surface area contributed by atoms with E-state index in [2.05, 4.69) is 36.0 Å². The van der Waals surface area contributed by atoms with E-state index in [-0.39, 0.29) is 24.2 Å². The molecule has 0 spiro atoms. The van der Waals surface area contributed by atoms with E-state index in [4.69, 9.17) is 4.52 Å². The van der Waals surface area contributed by atoms with Crippen molar-refractivity contribution < 1.29 is 14.1 Å². The van der Waals surface area contributed by atoms with Gasteiger partial charge in [0.2, 0.25) is 17.6 Å². The maximum atomic E-state index is 12.1. The molecule has 0 radical (unpaired) electrons. The van der Waals surface area contributed by atoms with Crippen LogP contribution in [0.1, 0.15) is 18.7 Å². The first-order valence-corrected chi connectivity index (χ1v) is 9.99. The predicted octanol–water partition coefficient (Wildman–Crippen LogP) is 2.11. The lowest BCUT2D eigenvalue weighted by atomic mass is 9.93. The normalized spacial score (nSPS) is 17.0. The summed E-state index contributed by atoms with van der Waals surface area (Å²) >= 11 is 0. The molecule has 2 aliphatic rings. The van der Waals surface area contributed by atoms with Gasteiger partial charge in [-0.25, -0.2) is 0 Å². The molecule has 10 heteroatoms. The highest BCUT2D eigenvalue weighted by molar-refractivity contribution is 5.86. The van der Waals surface area contributed by atoms with Gasteiger partial charge in [-0.3, -0.25) is 14.6 Å². The summed E-state index contributed by atoms with van der Waals surface area (Å²) in [6.07, 6.45) is 12.0. The molecule has 31 heavy (non-hydrogen) atoms. The van der Waals surface area contributed by atoms with Crippen molar-refractivity contribution >= 4 is 11.8 Å². The number of rotatable bonds is 9. The summed E-state index contributed by atoms with van der Waals surface area (Å²) in [7, 11) is 0. The number of allylic oxidation sites excluding steroid dienone is 3. The third-order valence-corrected chi connectivity index (χ3v) is 4.74. The summed E-state index contributed by atoms with van der Waals surface area (Å²) in [5, 5.41) is 17.6. The van der Waals surface area contributed by atoms with Gasteiger partial charge < -0.3 is 15.2 Å². The summed E-state index contributed by atoms with van der Waals surface area (Å²) < 4.78 is 5.19. The second kappa shape index (κ2) is 9.70. The summed E-state index contributed by atoms with van der Waals surface area (Å²) in [6.45, 7) is 1.10. The number of aryl methyl sites for hydroxylation is 1. The molecule has 1 aliphatic carbocycles. The molecule has 0 saturated heterocycles. The standard InChI is InChI=1S/C21H21N7O3/c29-17(8-9-18-25-19(28-31-18)14-5-3-10-22-13-14)23-11-4-12-24-20-15-6-1-2-7-16(15)21(30)27-26-20/h1-3,5-7,10,13,16,24H,4,8-9,11-12H2,(H,23,29). The molecule has 0 bridgehead atoms. The van der Waals surface area contributed by atoms with Crippen LogP contribution in [0.2, 0.25) is 0 Å². The average Bonchev–Trinajstić information content (AvgIpc) is 3.29. The third kappa shape index (κ3) is 5.16. The molecular weight excluding hydrogens is 398 g/mol. The van der Waals surface area contributed by atoms with Crippen molar-refractivity contribution in [3.05, 3.63) is 66.1 Å². The lowest BCUT2D eigenvalue weighted by Crippen LogP contribution is -2.28. The van der Waals surface area contributed by atoms with E-state index in [1.807, 2.05) is 24.3 Å². The van der Waals surface area contributed by atoms with Crippen LogP contribution in [0, 0.1) is 5.92 Å². The SMILES string of the molecule is O=C(CCc1nc(-c2cccnc2)no1)NCCCNC1=C2C=CC=CC2C(=O)N=N1. The molecule has 0 fully saturated rings. The molecule has 3 heterocycles. The molecule has 10 nitrogen and oxygen atoms in total. The summed E-state index contributed by atoms with van der Waals surface area (Å²) in [5.74, 6) is 0.738. The van der Waals surface area contributed by atoms with Crippen molar-refractivity contribution in [3.8, 4) is 11.4 Å². The van der Waals surface area contributed by atoms with E-state index < -0.39 is 0 Å². The van der Waals surface area contributed by atoms with Gasteiger partial charge in [0.15, 0.2) is 5.82 Å². The topological polar surface area (TPSA) is 135 Å². The predicted molar refractivity (Wildman–Crippen MR) is 110 cm³/mol. The van der Waals surface area contributed by atoms with Crippen molar-refractivity contribution in [3.63, 3.8) is 0 Å². The van der Waals surface area contributed by atoms with Gasteiger partial charge >= 0.3 is 0 Å². The number of pyridine rings is 1. The minimum absolute atomic E-state index is 0.0912. The van der Waals surface area contributed by atoms with Gasteiger partial charge in [-0.05, 0) is 18.6 Å². The van der Waals surface area contributed by atoms with Gasteiger partial charge in [-0.2, -0.15) is 4.98 Å². The van der Waals surface area contributed by atoms with Crippen molar-refractivity contribution in [2.24, 2.45) is 16.1 Å². The van der Waals surface area contributed by atoms with Crippen LogP contribution in [0.5, 0.6) is 0 Å². The maximum Gasteiger partial charge on any atom is 0.276 e. The van der Waals surface area contributed by atoms with E-state index in [0.717, 1.165) is 11.1 Å². The molecule has 4 rings (SSSR count). The Labute approximate surface area is 178 Å². The first kappa shape index (κ1) is 20.3. The van der Waals surface area contributed by atoms with Crippen molar-refractivity contribution in [2.45, 2.75) is 19.3 Å². The Hall–Kier alpha value is -3.95. The van der Waals surface area contributed by atoms with Crippen molar-refractivity contribution in [1.29, 1.82) is 0 Å². The Balaban J connectivity index is 1.16. The molecule has 2 amide bonds. The highest BCUT2D eigenvalue weighted by Crippen LogP contribution is 2.27. The van der Waals surface area contributed by atoms with E-state index in [0.29, 0.717) is 43.5 Å². The van der Waals surface area contributed by atoms with Gasteiger partial charge in [0, 0.05) is 49.5 Å². The molecule has 1 unspecified atom stereocenters. The Kier molecular flexibility index (Phi) is 6.36. The summed E-state index contributed by atoms with van der Waals surface area (Å²) in [5.41, 5.74) is 1.58. The smallest absolute Gasteiger partial charge is 0.276 e. The molecule has 2 aromatic heterocycles.